The van der Waals surface area contributed by atoms with Crippen LogP contribution in [0.2, 0.25) is 0 Å². The van der Waals surface area contributed by atoms with Crippen LogP contribution in [0.1, 0.15) is 10.4 Å². The number of pyridine rings is 1. The van der Waals surface area contributed by atoms with Crippen LogP contribution in [0, 0.1) is 0 Å². The smallest absolute Gasteiger partial charge is 0.279 e. The third-order valence-electron chi connectivity index (χ3n) is 5.13. The highest BCUT2D eigenvalue weighted by Gasteiger charge is 2.37. The summed E-state index contributed by atoms with van der Waals surface area (Å²) in [7, 11) is 3.15. The quantitative estimate of drug-likeness (QED) is 0.462. The molecule has 2 amide bonds. The average molecular weight is 411 g/mol. The summed E-state index contributed by atoms with van der Waals surface area (Å²) < 4.78 is 1.17. The molecule has 0 saturated carbocycles. The van der Waals surface area contributed by atoms with Crippen LogP contribution >= 0.6 is 0 Å². The van der Waals surface area contributed by atoms with Crippen molar-refractivity contribution < 1.29 is 9.59 Å². The molecule has 9 nitrogen and oxygen atoms in total. The molecule has 1 aliphatic rings. The Kier molecular flexibility index (Phi) is 4.28. The van der Waals surface area contributed by atoms with Gasteiger partial charge in [-0.05, 0) is 35.0 Å². The minimum absolute atomic E-state index is 0.261. The monoisotopic (exact) mass is 411 g/mol. The lowest BCUT2D eigenvalue weighted by molar-refractivity contribution is 0.0947. The zero-order valence-electron chi connectivity index (χ0n) is 16.8. The van der Waals surface area contributed by atoms with Crippen LogP contribution in [-0.4, -0.2) is 40.8 Å². The summed E-state index contributed by atoms with van der Waals surface area (Å²) in [4.78, 5) is 32.3. The molecule has 3 heterocycles. The van der Waals surface area contributed by atoms with Crippen molar-refractivity contribution in [2.45, 2.75) is 0 Å². The van der Waals surface area contributed by atoms with Gasteiger partial charge < -0.3 is 0 Å². The number of amides is 2. The molecule has 0 radical (unpaired) electrons. The van der Waals surface area contributed by atoms with Gasteiger partial charge in [0.25, 0.3) is 5.91 Å². The highest BCUT2D eigenvalue weighted by molar-refractivity contribution is 6.13. The minimum Gasteiger partial charge on any atom is -0.279 e. The molecule has 0 fully saturated rings. The number of carbonyl (C=O) groups is 2. The number of anilines is 2. The number of aromatic nitrogens is 3. The summed E-state index contributed by atoms with van der Waals surface area (Å²) in [6.07, 6.45) is 3.03. The molecule has 1 aliphatic heterocycles. The van der Waals surface area contributed by atoms with E-state index in [1.807, 2.05) is 42.5 Å². The maximum atomic E-state index is 13.0. The fraction of sp³-hybridized carbons (Fsp3) is 0.0909. The van der Waals surface area contributed by atoms with Gasteiger partial charge in [0.05, 0.1) is 11.3 Å². The number of fused-ring (bicyclic) bond motifs is 3. The van der Waals surface area contributed by atoms with E-state index in [0.29, 0.717) is 16.9 Å². The molecule has 0 spiro atoms. The van der Waals surface area contributed by atoms with Gasteiger partial charge >= 0.3 is 6.03 Å². The lowest BCUT2D eigenvalue weighted by Crippen LogP contribution is -2.41. The van der Waals surface area contributed by atoms with E-state index in [1.165, 1.54) is 20.7 Å². The normalized spacial score (nSPS) is 13.4. The molecule has 2 bridgehead atoms. The van der Waals surface area contributed by atoms with E-state index >= 15 is 0 Å². The number of azo groups is 1. The summed E-state index contributed by atoms with van der Waals surface area (Å²) >= 11 is 0. The summed E-state index contributed by atoms with van der Waals surface area (Å²) in [6.45, 7) is 0. The second-order valence-electron chi connectivity index (χ2n) is 7.09. The molecule has 4 aromatic rings. The molecular formula is C22H17N7O2. The van der Waals surface area contributed by atoms with Gasteiger partial charge in [-0.1, -0.05) is 30.3 Å². The van der Waals surface area contributed by atoms with Gasteiger partial charge in [0.1, 0.15) is 0 Å². The summed E-state index contributed by atoms with van der Waals surface area (Å²) in [5, 5.41) is 15.2. The zero-order valence-corrected chi connectivity index (χ0v) is 16.8. The molecule has 0 aliphatic carbocycles. The van der Waals surface area contributed by atoms with Crippen molar-refractivity contribution in [3.8, 4) is 0 Å². The predicted octanol–water partition coefficient (Wildman–Crippen LogP) is 4.54. The molecule has 5 rings (SSSR count). The van der Waals surface area contributed by atoms with E-state index in [4.69, 9.17) is 0 Å². The molecule has 2 aromatic carbocycles. The molecule has 0 N–H and O–H groups in total. The maximum Gasteiger partial charge on any atom is 0.330 e. The fourth-order valence-corrected chi connectivity index (χ4v) is 3.51. The van der Waals surface area contributed by atoms with E-state index < -0.39 is 5.91 Å². The summed E-state index contributed by atoms with van der Waals surface area (Å²) in [6, 6.07) is 16.7. The summed E-state index contributed by atoms with van der Waals surface area (Å²) in [5.41, 5.74) is 1.34. The first-order valence-electron chi connectivity index (χ1n) is 9.54. The SMILES string of the molecule is CN1C(=O)N(C)c2c(N=Nc3ccc4ccccc4c3)c1nn2C(=O)c1cccnc1. The molecular weight excluding hydrogens is 394 g/mol. The highest BCUT2D eigenvalue weighted by atomic mass is 16.2. The van der Waals surface area contributed by atoms with Crippen LogP contribution in [0.5, 0.6) is 0 Å². The average Bonchev–Trinajstić information content (AvgIpc) is 3.16. The Morgan fingerprint density at radius 3 is 2.52 bits per heavy atom. The van der Waals surface area contributed by atoms with Crippen LogP contribution in [0.4, 0.5) is 27.8 Å². The van der Waals surface area contributed by atoms with Gasteiger partial charge in [-0.15, -0.1) is 10.2 Å². The summed E-state index contributed by atoms with van der Waals surface area (Å²) in [5.74, 6) is 0.114. The van der Waals surface area contributed by atoms with Crippen molar-refractivity contribution in [1.29, 1.82) is 0 Å². The van der Waals surface area contributed by atoms with Crippen molar-refractivity contribution in [2.24, 2.45) is 10.2 Å². The van der Waals surface area contributed by atoms with Crippen molar-refractivity contribution in [2.75, 3.05) is 23.9 Å². The first kappa shape index (κ1) is 18.6. The second kappa shape index (κ2) is 7.13. The Hall–Kier alpha value is -4.40. The molecule has 31 heavy (non-hydrogen) atoms. The lowest BCUT2D eigenvalue weighted by Gasteiger charge is -2.26. The number of nitrogens with zero attached hydrogens (tertiary/aromatic N) is 7. The van der Waals surface area contributed by atoms with E-state index in [9.17, 15) is 9.59 Å². The third kappa shape index (κ3) is 3.03. The van der Waals surface area contributed by atoms with E-state index in [2.05, 4.69) is 20.3 Å². The van der Waals surface area contributed by atoms with Crippen molar-refractivity contribution in [3.63, 3.8) is 0 Å². The first-order chi connectivity index (χ1) is 15.0. The maximum absolute atomic E-state index is 13.0. The van der Waals surface area contributed by atoms with Gasteiger partial charge in [-0.3, -0.25) is 19.6 Å². The zero-order chi connectivity index (χ0) is 21.5. The van der Waals surface area contributed by atoms with Gasteiger partial charge in [-0.2, -0.15) is 9.80 Å². The first-order valence-corrected chi connectivity index (χ1v) is 9.54. The fourth-order valence-electron chi connectivity index (χ4n) is 3.51. The van der Waals surface area contributed by atoms with Crippen molar-refractivity contribution >= 4 is 45.7 Å². The Morgan fingerprint density at radius 2 is 1.74 bits per heavy atom. The minimum atomic E-state index is -0.411. The molecule has 0 unspecified atom stereocenters. The number of carbonyl (C=O) groups excluding carboxylic acids is 2. The van der Waals surface area contributed by atoms with Gasteiger partial charge in [0, 0.05) is 26.5 Å². The largest absolute Gasteiger partial charge is 0.330 e. The molecule has 152 valence electrons. The number of rotatable bonds is 3. The van der Waals surface area contributed by atoms with E-state index in [1.54, 1.807) is 32.4 Å². The Balaban J connectivity index is 1.60. The van der Waals surface area contributed by atoms with Crippen LogP contribution in [0.3, 0.4) is 0 Å². The van der Waals surface area contributed by atoms with Crippen LogP contribution in [-0.2, 0) is 0 Å². The molecule has 2 aromatic heterocycles. The van der Waals surface area contributed by atoms with Crippen LogP contribution in [0.15, 0.2) is 77.2 Å². The van der Waals surface area contributed by atoms with Crippen LogP contribution in [0.25, 0.3) is 10.8 Å². The Bertz CT molecular complexity index is 1360. The van der Waals surface area contributed by atoms with E-state index in [-0.39, 0.29) is 17.7 Å². The number of hydrogen-bond acceptors (Lipinski definition) is 6. The Morgan fingerprint density at radius 1 is 0.935 bits per heavy atom. The Labute approximate surface area is 177 Å². The predicted molar refractivity (Wildman–Crippen MR) is 117 cm³/mol. The van der Waals surface area contributed by atoms with Crippen molar-refractivity contribution in [3.05, 3.63) is 72.6 Å². The van der Waals surface area contributed by atoms with Gasteiger partial charge in [0.2, 0.25) is 0 Å². The number of benzene rings is 2. The third-order valence-corrected chi connectivity index (χ3v) is 5.13. The second-order valence-corrected chi connectivity index (χ2v) is 7.09. The standard InChI is InChI=1S/C22H17N7O2/c1-27-19-18(25-24-17-10-9-14-6-3-4-7-15(14)12-17)20(28(2)22(27)31)29(26-19)21(30)16-8-5-11-23-13-16/h3-13H,1-2H3. The number of hydrogen-bond donors (Lipinski definition) is 0. The number of urea groups is 1. The van der Waals surface area contributed by atoms with Gasteiger partial charge in [0.15, 0.2) is 17.3 Å². The lowest BCUT2D eigenvalue weighted by atomic mass is 10.1. The highest BCUT2D eigenvalue weighted by Crippen LogP contribution is 2.43. The molecule has 0 saturated heterocycles. The molecule has 0 atom stereocenters. The van der Waals surface area contributed by atoms with Gasteiger partial charge in [-0.25, -0.2) is 4.79 Å². The van der Waals surface area contributed by atoms with Crippen LogP contribution < -0.4 is 9.80 Å². The topological polar surface area (TPSA) is 96.0 Å². The van der Waals surface area contributed by atoms with E-state index in [0.717, 1.165) is 10.8 Å². The molecule has 9 heteroatoms. The van der Waals surface area contributed by atoms with Crippen molar-refractivity contribution in [1.82, 2.24) is 14.8 Å².